The fraction of sp³-hybridized carbons (Fsp3) is 0.348. The molecule has 2 fully saturated rings. The number of esters is 1. The van der Waals surface area contributed by atoms with Gasteiger partial charge in [0.15, 0.2) is 5.82 Å². The lowest BCUT2D eigenvalue weighted by Crippen LogP contribution is -2.40. The number of rotatable bonds is 6. The van der Waals surface area contributed by atoms with Gasteiger partial charge in [0.1, 0.15) is 11.5 Å². The highest BCUT2D eigenvalue weighted by atomic mass is 16.5. The van der Waals surface area contributed by atoms with Crippen molar-refractivity contribution in [1.82, 2.24) is 15.0 Å². The number of anilines is 2. The molecule has 2 saturated heterocycles. The Balaban J connectivity index is 1.47. The van der Waals surface area contributed by atoms with Crippen molar-refractivity contribution in [2.75, 3.05) is 62.4 Å². The Kier molecular flexibility index (Phi) is 6.82. The molecule has 5 rings (SSSR count). The number of ether oxygens (including phenoxy) is 3. The van der Waals surface area contributed by atoms with Crippen molar-refractivity contribution in [3.63, 3.8) is 0 Å². The van der Waals surface area contributed by atoms with E-state index >= 15 is 0 Å². The minimum absolute atomic E-state index is 0.103. The van der Waals surface area contributed by atoms with Gasteiger partial charge < -0.3 is 34.3 Å². The largest absolute Gasteiger partial charge is 0.457 e. The van der Waals surface area contributed by atoms with Gasteiger partial charge in [-0.1, -0.05) is 12.1 Å². The van der Waals surface area contributed by atoms with E-state index in [1.165, 1.54) is 12.3 Å². The minimum Gasteiger partial charge on any atom is -0.457 e. The van der Waals surface area contributed by atoms with Crippen LogP contribution in [-0.4, -0.2) is 79.2 Å². The van der Waals surface area contributed by atoms with E-state index in [4.69, 9.17) is 29.5 Å². The lowest BCUT2D eigenvalue weighted by molar-refractivity contribution is 0.0701. The Labute approximate surface area is 201 Å². The van der Waals surface area contributed by atoms with Crippen LogP contribution in [0.5, 0.6) is 5.75 Å². The van der Waals surface area contributed by atoms with E-state index < -0.39 is 5.97 Å². The standard InChI is InChI=1S/C23H25N7O5/c24-28-19(16-3-1-4-17(15-16)35-21(31)18-5-2-10-34-18)20-25-22(29-6-11-32-12-7-29)27-23(26-20)30-8-13-33-14-9-30/h1-5,10,15H,6-9,11-14,24H2/b28-19+. The van der Waals surface area contributed by atoms with Crippen LogP contribution in [-0.2, 0) is 9.47 Å². The van der Waals surface area contributed by atoms with Gasteiger partial charge in [0.2, 0.25) is 17.7 Å². The number of hydrogen-bond donors (Lipinski definition) is 1. The zero-order valence-electron chi connectivity index (χ0n) is 19.0. The zero-order chi connectivity index (χ0) is 24.0. The van der Waals surface area contributed by atoms with Gasteiger partial charge in [-0.15, -0.1) is 0 Å². The van der Waals surface area contributed by atoms with Crippen LogP contribution in [0.25, 0.3) is 0 Å². The van der Waals surface area contributed by atoms with Gasteiger partial charge in [-0.05, 0) is 24.3 Å². The molecule has 0 aliphatic carbocycles. The monoisotopic (exact) mass is 479 g/mol. The number of furan rings is 1. The maximum absolute atomic E-state index is 12.3. The average molecular weight is 479 g/mol. The Morgan fingerprint density at radius 1 is 0.914 bits per heavy atom. The van der Waals surface area contributed by atoms with E-state index in [0.717, 1.165) is 0 Å². The second kappa shape index (κ2) is 10.5. The summed E-state index contributed by atoms with van der Waals surface area (Å²) in [5.41, 5.74) is 0.927. The molecule has 3 aromatic rings. The summed E-state index contributed by atoms with van der Waals surface area (Å²) in [6, 6.07) is 9.99. The molecule has 35 heavy (non-hydrogen) atoms. The second-order valence-electron chi connectivity index (χ2n) is 7.83. The highest BCUT2D eigenvalue weighted by Crippen LogP contribution is 2.21. The van der Waals surface area contributed by atoms with E-state index in [0.29, 0.717) is 87.4 Å². The Bertz CT molecular complexity index is 1150. The number of hydrogen-bond acceptors (Lipinski definition) is 12. The van der Waals surface area contributed by atoms with E-state index in [1.54, 1.807) is 30.3 Å². The van der Waals surface area contributed by atoms with Gasteiger partial charge in [-0.25, -0.2) is 4.79 Å². The molecule has 12 heteroatoms. The molecular weight excluding hydrogens is 454 g/mol. The predicted molar refractivity (Wildman–Crippen MR) is 126 cm³/mol. The first-order chi connectivity index (χ1) is 17.2. The highest BCUT2D eigenvalue weighted by molar-refractivity contribution is 6.11. The lowest BCUT2D eigenvalue weighted by atomic mass is 10.1. The van der Waals surface area contributed by atoms with E-state index in [9.17, 15) is 4.79 Å². The molecule has 0 bridgehead atoms. The number of carbonyl (C=O) groups is 1. The summed E-state index contributed by atoms with van der Waals surface area (Å²) >= 11 is 0. The molecule has 2 aromatic heterocycles. The van der Waals surface area contributed by atoms with Crippen LogP contribution in [0.3, 0.4) is 0 Å². The summed E-state index contributed by atoms with van der Waals surface area (Å²) < 4.78 is 21.5. The van der Waals surface area contributed by atoms with Gasteiger partial charge in [0.05, 0.1) is 32.7 Å². The third-order valence-electron chi connectivity index (χ3n) is 5.58. The third kappa shape index (κ3) is 5.23. The van der Waals surface area contributed by atoms with E-state index in [2.05, 4.69) is 15.1 Å². The molecule has 2 N–H and O–H groups in total. The smallest absolute Gasteiger partial charge is 0.379 e. The summed E-state index contributed by atoms with van der Waals surface area (Å²) in [7, 11) is 0. The van der Waals surface area contributed by atoms with Gasteiger partial charge in [0.25, 0.3) is 0 Å². The third-order valence-corrected chi connectivity index (χ3v) is 5.58. The number of benzene rings is 1. The first-order valence-corrected chi connectivity index (χ1v) is 11.3. The normalized spacial score (nSPS) is 16.9. The van der Waals surface area contributed by atoms with Crippen molar-refractivity contribution in [3.8, 4) is 5.75 Å². The van der Waals surface area contributed by atoms with Gasteiger partial charge in [0, 0.05) is 31.7 Å². The summed E-state index contributed by atoms with van der Waals surface area (Å²) in [6.07, 6.45) is 1.41. The van der Waals surface area contributed by atoms with Crippen molar-refractivity contribution in [2.24, 2.45) is 10.9 Å². The van der Waals surface area contributed by atoms with E-state index in [1.807, 2.05) is 9.80 Å². The first kappa shape index (κ1) is 22.7. The maximum Gasteiger partial charge on any atom is 0.379 e. The number of nitrogens with zero attached hydrogens (tertiary/aromatic N) is 6. The Morgan fingerprint density at radius 3 is 2.14 bits per heavy atom. The lowest BCUT2D eigenvalue weighted by Gasteiger charge is -2.30. The topological polar surface area (TPSA) is 141 Å². The van der Waals surface area contributed by atoms with Crippen molar-refractivity contribution in [2.45, 2.75) is 0 Å². The SMILES string of the molecule is N/N=C(\c1cccc(OC(=O)c2ccco2)c1)c1nc(N2CCOCC2)nc(N2CCOCC2)n1. The number of aromatic nitrogens is 3. The highest BCUT2D eigenvalue weighted by Gasteiger charge is 2.23. The number of nitrogens with two attached hydrogens (primary N) is 1. The van der Waals surface area contributed by atoms with Gasteiger partial charge >= 0.3 is 5.97 Å². The molecule has 0 spiro atoms. The van der Waals surface area contributed by atoms with E-state index in [-0.39, 0.29) is 5.76 Å². The fourth-order valence-corrected chi connectivity index (χ4v) is 3.79. The fourth-order valence-electron chi connectivity index (χ4n) is 3.79. The molecule has 0 atom stereocenters. The molecule has 12 nitrogen and oxygen atoms in total. The van der Waals surface area contributed by atoms with Crippen LogP contribution in [0.4, 0.5) is 11.9 Å². The first-order valence-electron chi connectivity index (χ1n) is 11.3. The number of hydrazone groups is 1. The second-order valence-corrected chi connectivity index (χ2v) is 7.83. The quantitative estimate of drug-likeness (QED) is 0.178. The van der Waals surface area contributed by atoms with Crippen LogP contribution < -0.4 is 20.4 Å². The van der Waals surface area contributed by atoms with Crippen molar-refractivity contribution in [3.05, 3.63) is 59.8 Å². The molecule has 0 saturated carbocycles. The van der Waals surface area contributed by atoms with Crippen molar-refractivity contribution < 1.29 is 23.4 Å². The Hall–Kier alpha value is -4.03. The molecule has 2 aliphatic heterocycles. The zero-order valence-corrected chi connectivity index (χ0v) is 19.0. The number of morpholine rings is 2. The van der Waals surface area contributed by atoms with Crippen LogP contribution in [0, 0.1) is 0 Å². The summed E-state index contributed by atoms with van der Waals surface area (Å²) in [5.74, 6) is 7.00. The summed E-state index contributed by atoms with van der Waals surface area (Å²) in [6.45, 7) is 5.03. The molecule has 0 amide bonds. The molecule has 182 valence electrons. The van der Waals surface area contributed by atoms with Crippen LogP contribution in [0.2, 0.25) is 0 Å². The number of carbonyl (C=O) groups excluding carboxylic acids is 1. The van der Waals surface area contributed by atoms with Crippen LogP contribution in [0.1, 0.15) is 21.9 Å². The average Bonchev–Trinajstić information content (AvgIpc) is 3.46. The molecule has 0 radical (unpaired) electrons. The maximum atomic E-state index is 12.3. The molecule has 4 heterocycles. The molecule has 1 aromatic carbocycles. The van der Waals surface area contributed by atoms with Crippen LogP contribution in [0.15, 0.2) is 52.2 Å². The van der Waals surface area contributed by atoms with Gasteiger partial charge in [-0.3, -0.25) is 0 Å². The van der Waals surface area contributed by atoms with Crippen LogP contribution >= 0.6 is 0 Å². The molecule has 2 aliphatic rings. The van der Waals surface area contributed by atoms with Crippen molar-refractivity contribution in [1.29, 1.82) is 0 Å². The van der Waals surface area contributed by atoms with Crippen molar-refractivity contribution >= 4 is 23.6 Å². The predicted octanol–water partition coefficient (Wildman–Crippen LogP) is 1.07. The summed E-state index contributed by atoms with van der Waals surface area (Å²) in [4.78, 5) is 30.5. The Morgan fingerprint density at radius 2 is 1.57 bits per heavy atom. The molecular formula is C23H25N7O5. The van der Waals surface area contributed by atoms with Gasteiger partial charge in [-0.2, -0.15) is 20.1 Å². The minimum atomic E-state index is -0.609. The molecule has 0 unspecified atom stereocenters. The summed E-state index contributed by atoms with van der Waals surface area (Å²) in [5, 5.41) is 3.99.